The van der Waals surface area contributed by atoms with Gasteiger partial charge in [0.15, 0.2) is 5.96 Å². The molecule has 0 aliphatic carbocycles. The zero-order chi connectivity index (χ0) is 21.5. The van der Waals surface area contributed by atoms with Crippen LogP contribution < -0.4 is 25.0 Å². The van der Waals surface area contributed by atoms with Crippen LogP contribution in [0, 0.1) is 5.92 Å². The zero-order valence-corrected chi connectivity index (χ0v) is 19.3. The van der Waals surface area contributed by atoms with Crippen molar-refractivity contribution < 1.29 is 9.47 Å². The number of anilines is 1. The normalized spacial score (nSPS) is 23.0. The average Bonchev–Trinajstić information content (AvgIpc) is 3.25. The summed E-state index contributed by atoms with van der Waals surface area (Å²) >= 11 is 0. The first kappa shape index (κ1) is 22.5. The maximum absolute atomic E-state index is 5.42. The smallest absolute Gasteiger partial charge is 0.191 e. The molecule has 0 amide bonds. The first-order valence-electron chi connectivity index (χ1n) is 11.2. The highest BCUT2D eigenvalue weighted by atomic mass is 16.5. The Morgan fingerprint density at radius 1 is 1.10 bits per heavy atom. The maximum atomic E-state index is 5.42. The van der Waals surface area contributed by atoms with Crippen LogP contribution in [0.4, 0.5) is 5.69 Å². The first-order chi connectivity index (χ1) is 14.5. The van der Waals surface area contributed by atoms with Crippen molar-refractivity contribution in [1.29, 1.82) is 0 Å². The number of hydrogen-bond acceptors (Lipinski definition) is 5. The summed E-state index contributed by atoms with van der Waals surface area (Å²) in [6.07, 6.45) is 3.66. The van der Waals surface area contributed by atoms with E-state index in [1.54, 1.807) is 14.2 Å². The number of nitrogens with zero attached hydrogens (tertiary/aromatic N) is 3. The molecule has 2 aliphatic heterocycles. The third-order valence-corrected chi connectivity index (χ3v) is 6.29. The molecule has 2 unspecified atom stereocenters. The van der Waals surface area contributed by atoms with Crippen LogP contribution in [0.1, 0.15) is 33.1 Å². The van der Waals surface area contributed by atoms with Crippen molar-refractivity contribution in [3.63, 3.8) is 0 Å². The van der Waals surface area contributed by atoms with E-state index in [1.165, 1.54) is 25.9 Å². The quantitative estimate of drug-likeness (QED) is 0.525. The van der Waals surface area contributed by atoms with E-state index in [-0.39, 0.29) is 0 Å². The minimum absolute atomic E-state index is 0.368. The van der Waals surface area contributed by atoms with Gasteiger partial charge in [-0.3, -0.25) is 4.99 Å². The van der Waals surface area contributed by atoms with Crippen molar-refractivity contribution in [3.05, 3.63) is 18.2 Å². The Bertz CT molecular complexity index is 687. The van der Waals surface area contributed by atoms with Gasteiger partial charge in [0.05, 0.1) is 14.2 Å². The molecule has 0 saturated carbocycles. The third-order valence-electron chi connectivity index (χ3n) is 6.29. The van der Waals surface area contributed by atoms with E-state index < -0.39 is 0 Å². The molecule has 0 bridgehead atoms. The summed E-state index contributed by atoms with van der Waals surface area (Å²) in [5, 5.41) is 7.19. The van der Waals surface area contributed by atoms with Gasteiger partial charge in [-0.2, -0.15) is 0 Å². The second-order valence-electron chi connectivity index (χ2n) is 8.70. The van der Waals surface area contributed by atoms with Gasteiger partial charge in [0.1, 0.15) is 11.5 Å². The topological polar surface area (TPSA) is 61.4 Å². The molecule has 2 N–H and O–H groups in total. The Balaban J connectivity index is 1.50. The number of aliphatic imine (C=N–C) groups is 1. The van der Waals surface area contributed by atoms with Crippen LogP contribution in [-0.2, 0) is 0 Å². The monoisotopic (exact) mass is 417 g/mol. The number of likely N-dealkylation sites (tertiary alicyclic amines) is 1. The molecule has 2 atom stereocenters. The second kappa shape index (κ2) is 10.8. The van der Waals surface area contributed by atoms with Crippen molar-refractivity contribution in [2.75, 3.05) is 58.9 Å². The van der Waals surface area contributed by atoms with E-state index in [0.29, 0.717) is 18.0 Å². The molecule has 30 heavy (non-hydrogen) atoms. The fourth-order valence-corrected chi connectivity index (χ4v) is 4.45. The Labute approximate surface area is 181 Å². The van der Waals surface area contributed by atoms with E-state index in [9.17, 15) is 0 Å². The molecule has 3 rings (SSSR count). The highest BCUT2D eigenvalue weighted by Gasteiger charge is 2.25. The lowest BCUT2D eigenvalue weighted by Gasteiger charge is -2.35. The maximum Gasteiger partial charge on any atom is 0.191 e. The lowest BCUT2D eigenvalue weighted by atomic mass is 9.97. The van der Waals surface area contributed by atoms with E-state index in [1.807, 2.05) is 13.1 Å². The molecule has 1 aromatic carbocycles. The molecule has 2 saturated heterocycles. The Morgan fingerprint density at radius 3 is 2.47 bits per heavy atom. The van der Waals surface area contributed by atoms with Crippen molar-refractivity contribution in [2.24, 2.45) is 10.9 Å². The molecule has 0 radical (unpaired) electrons. The molecule has 168 valence electrons. The molecule has 0 spiro atoms. The number of piperidine rings is 1. The van der Waals surface area contributed by atoms with E-state index in [4.69, 9.17) is 9.47 Å². The Morgan fingerprint density at radius 2 is 1.83 bits per heavy atom. The molecule has 2 heterocycles. The molecule has 2 aliphatic rings. The van der Waals surface area contributed by atoms with Gasteiger partial charge in [-0.1, -0.05) is 0 Å². The highest BCUT2D eigenvalue weighted by Crippen LogP contribution is 2.30. The zero-order valence-electron chi connectivity index (χ0n) is 19.3. The van der Waals surface area contributed by atoms with Crippen molar-refractivity contribution in [3.8, 4) is 11.5 Å². The molecular formula is C23H39N5O2. The van der Waals surface area contributed by atoms with Crippen LogP contribution in [0.25, 0.3) is 0 Å². The molecule has 7 heteroatoms. The minimum Gasteiger partial charge on any atom is -0.497 e. The standard InChI is InChI=1S/C23H39N5O2/c1-17(2)27-9-6-7-18(15-27)14-25-23(24-3)26-19-8-10-28(16-19)20-11-21(29-4)13-22(12-20)30-5/h11-13,17-19H,6-10,14-16H2,1-5H3,(H2,24,25,26). The van der Waals surface area contributed by atoms with E-state index in [0.717, 1.165) is 49.2 Å². The summed E-state index contributed by atoms with van der Waals surface area (Å²) in [4.78, 5) is 9.42. The van der Waals surface area contributed by atoms with Gasteiger partial charge in [0.25, 0.3) is 0 Å². The number of guanidine groups is 1. The number of ether oxygens (including phenoxy) is 2. The van der Waals surface area contributed by atoms with Gasteiger partial charge in [0.2, 0.25) is 0 Å². The SMILES string of the molecule is CN=C(NCC1CCCN(C(C)C)C1)NC1CCN(c2cc(OC)cc(OC)c2)C1. The number of methoxy groups -OCH3 is 2. The molecule has 1 aromatic rings. The molecule has 0 aromatic heterocycles. The van der Waals surface area contributed by atoms with Crippen LogP contribution in [0.5, 0.6) is 11.5 Å². The van der Waals surface area contributed by atoms with Crippen molar-refractivity contribution >= 4 is 11.6 Å². The average molecular weight is 418 g/mol. The second-order valence-corrected chi connectivity index (χ2v) is 8.70. The summed E-state index contributed by atoms with van der Waals surface area (Å²) in [5.41, 5.74) is 1.13. The number of rotatable bonds is 7. The van der Waals surface area contributed by atoms with Gasteiger partial charge in [-0.05, 0) is 45.6 Å². The number of benzene rings is 1. The molecule has 2 fully saturated rings. The lowest BCUT2D eigenvalue weighted by Crippen LogP contribution is -2.48. The third kappa shape index (κ3) is 5.94. The Hall–Kier alpha value is -2.15. The summed E-state index contributed by atoms with van der Waals surface area (Å²) in [7, 11) is 5.24. The van der Waals surface area contributed by atoms with Crippen molar-refractivity contribution in [2.45, 2.75) is 45.2 Å². The van der Waals surface area contributed by atoms with E-state index >= 15 is 0 Å². The van der Waals surface area contributed by atoms with Crippen LogP contribution >= 0.6 is 0 Å². The van der Waals surface area contributed by atoms with E-state index in [2.05, 4.69) is 51.4 Å². The Kier molecular flexibility index (Phi) is 8.08. The first-order valence-corrected chi connectivity index (χ1v) is 11.2. The minimum atomic E-state index is 0.368. The van der Waals surface area contributed by atoms with Gasteiger partial charge in [-0.15, -0.1) is 0 Å². The number of hydrogen-bond donors (Lipinski definition) is 2. The van der Waals surface area contributed by atoms with Crippen LogP contribution in [0.15, 0.2) is 23.2 Å². The van der Waals surface area contributed by atoms with Gasteiger partial charge in [-0.25, -0.2) is 0 Å². The summed E-state index contributed by atoms with van der Waals surface area (Å²) in [6, 6.07) is 7.05. The highest BCUT2D eigenvalue weighted by molar-refractivity contribution is 5.80. The molecule has 7 nitrogen and oxygen atoms in total. The predicted octanol–water partition coefficient (Wildman–Crippen LogP) is 2.57. The fourth-order valence-electron chi connectivity index (χ4n) is 4.45. The summed E-state index contributed by atoms with van der Waals surface area (Å²) in [6.45, 7) is 9.90. The largest absolute Gasteiger partial charge is 0.497 e. The number of nitrogens with one attached hydrogen (secondary N) is 2. The van der Waals surface area contributed by atoms with Gasteiger partial charge < -0.3 is 29.9 Å². The van der Waals surface area contributed by atoms with Crippen LogP contribution in [0.2, 0.25) is 0 Å². The van der Waals surface area contributed by atoms with Crippen LogP contribution in [-0.4, -0.2) is 76.9 Å². The molecular weight excluding hydrogens is 378 g/mol. The fraction of sp³-hybridized carbons (Fsp3) is 0.696. The van der Waals surface area contributed by atoms with Gasteiger partial charge >= 0.3 is 0 Å². The summed E-state index contributed by atoms with van der Waals surface area (Å²) < 4.78 is 10.8. The lowest BCUT2D eigenvalue weighted by molar-refractivity contribution is 0.141. The van der Waals surface area contributed by atoms with Gasteiger partial charge in [0, 0.05) is 69.2 Å². The van der Waals surface area contributed by atoms with Crippen molar-refractivity contribution in [1.82, 2.24) is 15.5 Å². The summed E-state index contributed by atoms with van der Waals surface area (Å²) in [5.74, 6) is 3.23. The predicted molar refractivity (Wildman–Crippen MR) is 124 cm³/mol. The van der Waals surface area contributed by atoms with Crippen LogP contribution in [0.3, 0.4) is 0 Å².